The minimum absolute atomic E-state index is 0.200. The number of methoxy groups -OCH3 is 1. The largest absolute Gasteiger partial charge is 0.495 e. The molecule has 1 unspecified atom stereocenters. The van der Waals surface area contributed by atoms with Crippen LogP contribution in [0.4, 0.5) is 8.78 Å². The van der Waals surface area contributed by atoms with Crippen molar-refractivity contribution in [2.24, 2.45) is 5.73 Å². The molecule has 2 rings (SSSR count). The summed E-state index contributed by atoms with van der Waals surface area (Å²) in [7, 11) is 1.48. The molecular weight excluding hydrogens is 352 g/mol. The molecule has 2 aromatic rings. The lowest BCUT2D eigenvalue weighted by Crippen LogP contribution is -2.15. The Morgan fingerprint density at radius 1 is 1.20 bits per heavy atom. The van der Waals surface area contributed by atoms with E-state index in [1.54, 1.807) is 12.1 Å². The molecule has 106 valence electrons. The molecule has 6 heteroatoms. The van der Waals surface area contributed by atoms with Crippen LogP contribution in [0, 0.1) is 11.6 Å². The first-order valence-corrected chi connectivity index (χ1v) is 6.84. The molecule has 0 bridgehead atoms. The van der Waals surface area contributed by atoms with Crippen LogP contribution >= 0.6 is 27.5 Å². The molecule has 0 aromatic heterocycles. The van der Waals surface area contributed by atoms with Gasteiger partial charge in [-0.1, -0.05) is 33.6 Å². The molecule has 20 heavy (non-hydrogen) atoms. The predicted octanol–water partition coefficient (Wildman–Crippen LogP) is 4.44. The standard InChI is InChI=1S/C14H11BrClF2NO/c1-20-12-3-2-7(4-9(12)16)14(19)13-10(17)5-8(15)6-11(13)18/h2-6,14H,19H2,1H3. The number of rotatable bonds is 3. The molecule has 1 atom stereocenters. The summed E-state index contributed by atoms with van der Waals surface area (Å²) in [5, 5.41) is 0.332. The van der Waals surface area contributed by atoms with Gasteiger partial charge in [0.1, 0.15) is 17.4 Å². The molecule has 2 N–H and O–H groups in total. The summed E-state index contributed by atoms with van der Waals surface area (Å²) in [6, 6.07) is 6.15. The number of halogens is 4. The lowest BCUT2D eigenvalue weighted by Gasteiger charge is -2.16. The van der Waals surface area contributed by atoms with E-state index < -0.39 is 17.7 Å². The zero-order valence-electron chi connectivity index (χ0n) is 10.5. The summed E-state index contributed by atoms with van der Waals surface area (Å²) in [6.07, 6.45) is 0. The fraction of sp³-hybridized carbons (Fsp3) is 0.143. The average molecular weight is 363 g/mol. The SMILES string of the molecule is COc1ccc(C(N)c2c(F)cc(Br)cc2F)cc1Cl. The lowest BCUT2D eigenvalue weighted by atomic mass is 9.98. The minimum atomic E-state index is -0.952. The van der Waals surface area contributed by atoms with E-state index in [0.717, 1.165) is 0 Å². The first-order valence-electron chi connectivity index (χ1n) is 5.67. The van der Waals surface area contributed by atoms with Crippen molar-refractivity contribution in [1.82, 2.24) is 0 Å². The maximum atomic E-state index is 13.9. The predicted molar refractivity (Wildman–Crippen MR) is 78.1 cm³/mol. The number of ether oxygens (including phenoxy) is 1. The summed E-state index contributed by atoms with van der Waals surface area (Å²) >= 11 is 9.01. The van der Waals surface area contributed by atoms with Crippen molar-refractivity contribution in [3.05, 3.63) is 62.6 Å². The Hall–Kier alpha value is -1.17. The quantitative estimate of drug-likeness (QED) is 0.876. The second-order valence-electron chi connectivity index (χ2n) is 4.15. The molecular formula is C14H11BrClF2NO. The van der Waals surface area contributed by atoms with Crippen molar-refractivity contribution < 1.29 is 13.5 Å². The molecule has 0 fully saturated rings. The van der Waals surface area contributed by atoms with E-state index in [-0.39, 0.29) is 5.56 Å². The van der Waals surface area contributed by atoms with E-state index >= 15 is 0 Å². The molecule has 0 spiro atoms. The number of nitrogens with two attached hydrogens (primary N) is 1. The Labute approximate surface area is 128 Å². The van der Waals surface area contributed by atoms with Crippen molar-refractivity contribution in [1.29, 1.82) is 0 Å². The Balaban J connectivity index is 2.46. The van der Waals surface area contributed by atoms with Crippen LogP contribution in [0.5, 0.6) is 5.75 Å². The first-order chi connectivity index (χ1) is 9.43. The third-order valence-electron chi connectivity index (χ3n) is 2.89. The van der Waals surface area contributed by atoms with Gasteiger partial charge in [-0.05, 0) is 29.8 Å². The second kappa shape index (κ2) is 6.08. The smallest absolute Gasteiger partial charge is 0.137 e. The molecule has 0 amide bonds. The van der Waals surface area contributed by atoms with E-state index in [2.05, 4.69) is 15.9 Å². The number of benzene rings is 2. The highest BCUT2D eigenvalue weighted by atomic mass is 79.9. The lowest BCUT2D eigenvalue weighted by molar-refractivity contribution is 0.415. The molecule has 0 aliphatic rings. The molecule has 2 aromatic carbocycles. The summed E-state index contributed by atoms with van der Waals surface area (Å²) in [5.74, 6) is -0.952. The molecule has 2 nitrogen and oxygen atoms in total. The van der Waals surface area contributed by atoms with Gasteiger partial charge in [0, 0.05) is 10.0 Å². The Morgan fingerprint density at radius 2 is 1.80 bits per heavy atom. The molecule has 0 heterocycles. The van der Waals surface area contributed by atoms with Crippen LogP contribution in [0.3, 0.4) is 0 Å². The summed E-state index contributed by atoms with van der Waals surface area (Å²) in [6.45, 7) is 0. The van der Waals surface area contributed by atoms with Crippen molar-refractivity contribution in [3.63, 3.8) is 0 Å². The Bertz CT molecular complexity index is 628. The summed E-state index contributed by atoms with van der Waals surface area (Å²) in [5.41, 5.74) is 6.23. The summed E-state index contributed by atoms with van der Waals surface area (Å²) < 4.78 is 33.1. The number of hydrogen-bond acceptors (Lipinski definition) is 2. The first kappa shape index (κ1) is 15.2. The van der Waals surface area contributed by atoms with E-state index in [9.17, 15) is 8.78 Å². The van der Waals surface area contributed by atoms with Gasteiger partial charge in [0.15, 0.2) is 0 Å². The van der Waals surface area contributed by atoms with Crippen LogP contribution in [0.2, 0.25) is 5.02 Å². The van der Waals surface area contributed by atoms with Gasteiger partial charge >= 0.3 is 0 Å². The van der Waals surface area contributed by atoms with E-state index in [0.29, 0.717) is 20.8 Å². The van der Waals surface area contributed by atoms with Gasteiger partial charge in [-0.2, -0.15) is 0 Å². The van der Waals surface area contributed by atoms with Gasteiger partial charge in [-0.15, -0.1) is 0 Å². The Kier molecular flexibility index (Phi) is 4.62. The minimum Gasteiger partial charge on any atom is -0.495 e. The zero-order chi connectivity index (χ0) is 14.9. The van der Waals surface area contributed by atoms with Crippen LogP contribution in [-0.2, 0) is 0 Å². The number of hydrogen-bond donors (Lipinski definition) is 1. The summed E-state index contributed by atoms with van der Waals surface area (Å²) in [4.78, 5) is 0. The van der Waals surface area contributed by atoms with Crippen molar-refractivity contribution >= 4 is 27.5 Å². The van der Waals surface area contributed by atoms with E-state index in [1.165, 1.54) is 25.3 Å². The Morgan fingerprint density at radius 3 is 2.30 bits per heavy atom. The van der Waals surface area contributed by atoms with Gasteiger partial charge < -0.3 is 10.5 Å². The molecule has 0 aliphatic carbocycles. The highest BCUT2D eigenvalue weighted by Crippen LogP contribution is 2.32. The molecule has 0 saturated carbocycles. The van der Waals surface area contributed by atoms with Crippen LogP contribution in [0.1, 0.15) is 17.2 Å². The highest BCUT2D eigenvalue weighted by Gasteiger charge is 2.20. The van der Waals surface area contributed by atoms with Gasteiger partial charge in [0.05, 0.1) is 18.2 Å². The van der Waals surface area contributed by atoms with Crippen LogP contribution in [-0.4, -0.2) is 7.11 Å². The average Bonchev–Trinajstić information content (AvgIpc) is 2.37. The normalized spacial score (nSPS) is 12.3. The van der Waals surface area contributed by atoms with Crippen LogP contribution in [0.25, 0.3) is 0 Å². The van der Waals surface area contributed by atoms with Crippen LogP contribution < -0.4 is 10.5 Å². The van der Waals surface area contributed by atoms with Gasteiger partial charge in [0.2, 0.25) is 0 Å². The molecule has 0 saturated heterocycles. The molecule has 0 radical (unpaired) electrons. The third kappa shape index (κ3) is 2.95. The zero-order valence-corrected chi connectivity index (χ0v) is 12.8. The maximum absolute atomic E-state index is 13.9. The fourth-order valence-electron chi connectivity index (χ4n) is 1.89. The topological polar surface area (TPSA) is 35.2 Å². The van der Waals surface area contributed by atoms with Gasteiger partial charge in [-0.3, -0.25) is 0 Å². The van der Waals surface area contributed by atoms with E-state index in [1.807, 2.05) is 0 Å². The molecule has 0 aliphatic heterocycles. The van der Waals surface area contributed by atoms with Gasteiger partial charge in [-0.25, -0.2) is 8.78 Å². The maximum Gasteiger partial charge on any atom is 0.137 e. The van der Waals surface area contributed by atoms with E-state index in [4.69, 9.17) is 22.1 Å². The monoisotopic (exact) mass is 361 g/mol. The second-order valence-corrected chi connectivity index (χ2v) is 5.48. The van der Waals surface area contributed by atoms with Gasteiger partial charge in [0.25, 0.3) is 0 Å². The third-order valence-corrected chi connectivity index (χ3v) is 3.64. The van der Waals surface area contributed by atoms with Crippen molar-refractivity contribution in [2.75, 3.05) is 7.11 Å². The van der Waals surface area contributed by atoms with Crippen molar-refractivity contribution in [2.45, 2.75) is 6.04 Å². The highest BCUT2D eigenvalue weighted by molar-refractivity contribution is 9.10. The fourth-order valence-corrected chi connectivity index (χ4v) is 2.56. The van der Waals surface area contributed by atoms with Crippen molar-refractivity contribution in [3.8, 4) is 5.75 Å². The van der Waals surface area contributed by atoms with Crippen LogP contribution in [0.15, 0.2) is 34.8 Å².